The zero-order chi connectivity index (χ0) is 13.8. The van der Waals surface area contributed by atoms with Crippen molar-refractivity contribution < 1.29 is 4.74 Å². The SMILES string of the molecule is CCNc1cc(N2CCC(N3CCOCC3)C2)ncn1. The Kier molecular flexibility index (Phi) is 4.32. The van der Waals surface area contributed by atoms with Crippen molar-refractivity contribution in [2.24, 2.45) is 0 Å². The standard InChI is InChI=1S/C14H23N5O/c1-2-15-13-9-14(17-11-16-13)19-4-3-12(10-19)18-5-7-20-8-6-18/h9,11-12H,2-8,10H2,1H3,(H,15,16,17). The number of anilines is 2. The monoisotopic (exact) mass is 277 g/mol. The first-order valence-corrected chi connectivity index (χ1v) is 7.49. The highest BCUT2D eigenvalue weighted by molar-refractivity contribution is 5.49. The number of rotatable bonds is 4. The molecule has 20 heavy (non-hydrogen) atoms. The summed E-state index contributed by atoms with van der Waals surface area (Å²) in [7, 11) is 0. The van der Waals surface area contributed by atoms with E-state index in [1.54, 1.807) is 6.33 Å². The summed E-state index contributed by atoms with van der Waals surface area (Å²) >= 11 is 0. The molecule has 2 aliphatic heterocycles. The van der Waals surface area contributed by atoms with Crippen molar-refractivity contribution in [2.45, 2.75) is 19.4 Å². The van der Waals surface area contributed by atoms with Crippen LogP contribution < -0.4 is 10.2 Å². The Hall–Kier alpha value is -1.40. The number of nitrogens with one attached hydrogen (secondary N) is 1. The van der Waals surface area contributed by atoms with E-state index in [9.17, 15) is 0 Å². The summed E-state index contributed by atoms with van der Waals surface area (Å²) < 4.78 is 5.43. The molecule has 2 fully saturated rings. The van der Waals surface area contributed by atoms with Crippen molar-refractivity contribution in [3.63, 3.8) is 0 Å². The van der Waals surface area contributed by atoms with Gasteiger partial charge in [-0.1, -0.05) is 0 Å². The molecule has 6 heteroatoms. The van der Waals surface area contributed by atoms with Crippen molar-refractivity contribution in [2.75, 3.05) is 56.2 Å². The van der Waals surface area contributed by atoms with E-state index in [1.165, 1.54) is 6.42 Å². The van der Waals surface area contributed by atoms with E-state index in [0.717, 1.165) is 57.6 Å². The highest BCUT2D eigenvalue weighted by Crippen LogP contribution is 2.23. The van der Waals surface area contributed by atoms with Crippen LogP contribution in [0, 0.1) is 0 Å². The van der Waals surface area contributed by atoms with E-state index in [2.05, 4.69) is 32.0 Å². The van der Waals surface area contributed by atoms with Gasteiger partial charge in [-0.3, -0.25) is 4.90 Å². The fraction of sp³-hybridized carbons (Fsp3) is 0.714. The Morgan fingerprint density at radius 2 is 2.15 bits per heavy atom. The lowest BCUT2D eigenvalue weighted by Gasteiger charge is -2.32. The summed E-state index contributed by atoms with van der Waals surface area (Å²) in [6.45, 7) is 8.95. The van der Waals surface area contributed by atoms with Crippen molar-refractivity contribution in [3.05, 3.63) is 12.4 Å². The van der Waals surface area contributed by atoms with E-state index in [-0.39, 0.29) is 0 Å². The third kappa shape index (κ3) is 3.02. The van der Waals surface area contributed by atoms with Crippen LogP contribution in [0.15, 0.2) is 12.4 Å². The van der Waals surface area contributed by atoms with Gasteiger partial charge in [0.15, 0.2) is 0 Å². The molecular weight excluding hydrogens is 254 g/mol. The molecule has 0 bridgehead atoms. The van der Waals surface area contributed by atoms with E-state index < -0.39 is 0 Å². The molecule has 3 rings (SSSR count). The van der Waals surface area contributed by atoms with Crippen LogP contribution in [0.3, 0.4) is 0 Å². The highest BCUT2D eigenvalue weighted by atomic mass is 16.5. The van der Waals surface area contributed by atoms with Crippen LogP contribution in [-0.2, 0) is 4.74 Å². The fourth-order valence-corrected chi connectivity index (χ4v) is 2.99. The van der Waals surface area contributed by atoms with E-state index in [4.69, 9.17) is 4.74 Å². The average molecular weight is 277 g/mol. The van der Waals surface area contributed by atoms with Gasteiger partial charge in [0.1, 0.15) is 18.0 Å². The maximum absolute atomic E-state index is 5.43. The molecule has 0 amide bonds. The summed E-state index contributed by atoms with van der Waals surface area (Å²) in [6.07, 6.45) is 2.86. The predicted molar refractivity (Wildman–Crippen MR) is 79.2 cm³/mol. The van der Waals surface area contributed by atoms with Crippen LogP contribution in [0.5, 0.6) is 0 Å². The van der Waals surface area contributed by atoms with Gasteiger partial charge in [0, 0.05) is 44.8 Å². The summed E-state index contributed by atoms with van der Waals surface area (Å²) in [5.74, 6) is 1.94. The average Bonchev–Trinajstić information content (AvgIpc) is 2.99. The van der Waals surface area contributed by atoms with Crippen molar-refractivity contribution >= 4 is 11.6 Å². The van der Waals surface area contributed by atoms with Gasteiger partial charge in [-0.05, 0) is 13.3 Å². The second-order valence-electron chi connectivity index (χ2n) is 5.33. The minimum atomic E-state index is 0.636. The molecule has 1 unspecified atom stereocenters. The summed E-state index contributed by atoms with van der Waals surface area (Å²) in [5, 5.41) is 3.24. The van der Waals surface area contributed by atoms with Crippen LogP contribution in [-0.4, -0.2) is 66.8 Å². The maximum Gasteiger partial charge on any atom is 0.134 e. The zero-order valence-corrected chi connectivity index (χ0v) is 12.1. The van der Waals surface area contributed by atoms with Crippen LogP contribution >= 0.6 is 0 Å². The first-order chi connectivity index (χ1) is 9.86. The molecule has 0 radical (unpaired) electrons. The Labute approximate surface area is 120 Å². The van der Waals surface area contributed by atoms with Gasteiger partial charge < -0.3 is 15.0 Å². The number of ether oxygens (including phenoxy) is 1. The summed E-state index contributed by atoms with van der Waals surface area (Å²) in [5.41, 5.74) is 0. The minimum absolute atomic E-state index is 0.636. The second-order valence-corrected chi connectivity index (χ2v) is 5.33. The van der Waals surface area contributed by atoms with E-state index >= 15 is 0 Å². The summed E-state index contributed by atoms with van der Waals surface area (Å²) in [6, 6.07) is 2.68. The smallest absolute Gasteiger partial charge is 0.134 e. The molecule has 0 aromatic carbocycles. The first kappa shape index (κ1) is 13.6. The predicted octanol–water partition coefficient (Wildman–Crippen LogP) is 0.819. The first-order valence-electron chi connectivity index (χ1n) is 7.49. The third-order valence-electron chi connectivity index (χ3n) is 4.06. The maximum atomic E-state index is 5.43. The molecule has 0 saturated carbocycles. The van der Waals surface area contributed by atoms with Gasteiger partial charge in [0.05, 0.1) is 13.2 Å². The van der Waals surface area contributed by atoms with Crippen molar-refractivity contribution in [3.8, 4) is 0 Å². The van der Waals surface area contributed by atoms with E-state index in [0.29, 0.717) is 6.04 Å². The van der Waals surface area contributed by atoms with Crippen LogP contribution in [0.1, 0.15) is 13.3 Å². The molecule has 1 atom stereocenters. The van der Waals surface area contributed by atoms with Crippen molar-refractivity contribution in [1.82, 2.24) is 14.9 Å². The van der Waals surface area contributed by atoms with Gasteiger partial charge in [0.2, 0.25) is 0 Å². The van der Waals surface area contributed by atoms with Crippen LogP contribution in [0.2, 0.25) is 0 Å². The molecule has 2 aliphatic rings. The second kappa shape index (κ2) is 6.37. The van der Waals surface area contributed by atoms with E-state index in [1.807, 2.05) is 6.07 Å². The molecule has 1 aromatic rings. The lowest BCUT2D eigenvalue weighted by Crippen LogP contribution is -2.44. The molecule has 6 nitrogen and oxygen atoms in total. The molecule has 2 saturated heterocycles. The molecule has 0 spiro atoms. The summed E-state index contributed by atoms with van der Waals surface area (Å²) in [4.78, 5) is 13.6. The lowest BCUT2D eigenvalue weighted by atomic mass is 10.2. The van der Waals surface area contributed by atoms with Gasteiger partial charge in [0.25, 0.3) is 0 Å². The Bertz CT molecular complexity index is 435. The quantitative estimate of drug-likeness (QED) is 0.879. The van der Waals surface area contributed by atoms with Crippen LogP contribution in [0.4, 0.5) is 11.6 Å². The number of morpholine rings is 1. The molecular formula is C14H23N5O. The topological polar surface area (TPSA) is 53.5 Å². The van der Waals surface area contributed by atoms with Gasteiger partial charge >= 0.3 is 0 Å². The highest BCUT2D eigenvalue weighted by Gasteiger charge is 2.29. The Balaban J connectivity index is 1.62. The van der Waals surface area contributed by atoms with Crippen molar-refractivity contribution in [1.29, 1.82) is 0 Å². The number of hydrogen-bond acceptors (Lipinski definition) is 6. The number of aromatic nitrogens is 2. The molecule has 1 aromatic heterocycles. The lowest BCUT2D eigenvalue weighted by molar-refractivity contribution is 0.0209. The molecule has 110 valence electrons. The normalized spacial score (nSPS) is 24.1. The zero-order valence-electron chi connectivity index (χ0n) is 12.1. The molecule has 1 N–H and O–H groups in total. The fourth-order valence-electron chi connectivity index (χ4n) is 2.99. The third-order valence-corrected chi connectivity index (χ3v) is 4.06. The Morgan fingerprint density at radius 3 is 2.95 bits per heavy atom. The molecule has 0 aliphatic carbocycles. The van der Waals surface area contributed by atoms with Gasteiger partial charge in [-0.2, -0.15) is 0 Å². The minimum Gasteiger partial charge on any atom is -0.379 e. The Morgan fingerprint density at radius 1 is 1.30 bits per heavy atom. The molecule has 3 heterocycles. The largest absolute Gasteiger partial charge is 0.379 e. The number of nitrogens with zero attached hydrogens (tertiary/aromatic N) is 4. The van der Waals surface area contributed by atoms with Gasteiger partial charge in [-0.15, -0.1) is 0 Å². The van der Waals surface area contributed by atoms with Crippen LogP contribution in [0.25, 0.3) is 0 Å². The van der Waals surface area contributed by atoms with Gasteiger partial charge in [-0.25, -0.2) is 9.97 Å². The number of hydrogen-bond donors (Lipinski definition) is 1.